The number of ether oxygens (including phenoxy) is 4. The average molecular weight is 641 g/mol. The third-order valence-electron chi connectivity index (χ3n) is 8.98. The van der Waals surface area contributed by atoms with Crippen molar-refractivity contribution >= 4 is 11.4 Å². The van der Waals surface area contributed by atoms with Crippen LogP contribution < -0.4 is 28.7 Å². The summed E-state index contributed by atoms with van der Waals surface area (Å²) in [5.74, 6) is 4.83. The summed E-state index contributed by atoms with van der Waals surface area (Å²) in [5, 5.41) is 0. The van der Waals surface area contributed by atoms with E-state index in [1.165, 1.54) is 22.3 Å². The van der Waals surface area contributed by atoms with E-state index in [-0.39, 0.29) is 10.8 Å². The Kier molecular flexibility index (Phi) is 8.20. The summed E-state index contributed by atoms with van der Waals surface area (Å²) < 4.78 is 25.0. The van der Waals surface area contributed by atoms with Crippen LogP contribution in [0.15, 0.2) is 109 Å². The Labute approximate surface area is 284 Å². The van der Waals surface area contributed by atoms with E-state index in [2.05, 4.69) is 112 Å². The quantitative estimate of drug-likeness (QED) is 0.184. The lowest BCUT2D eigenvalue weighted by Gasteiger charge is -2.32. The molecule has 0 aliphatic carbocycles. The van der Waals surface area contributed by atoms with Crippen LogP contribution in [0.3, 0.4) is 0 Å². The van der Waals surface area contributed by atoms with Gasteiger partial charge < -0.3 is 28.7 Å². The van der Waals surface area contributed by atoms with Crippen molar-refractivity contribution in [2.24, 2.45) is 0 Å². The van der Waals surface area contributed by atoms with Crippen molar-refractivity contribution in [3.63, 3.8) is 0 Å². The van der Waals surface area contributed by atoms with E-state index in [9.17, 15) is 0 Å². The molecule has 0 saturated heterocycles. The highest BCUT2D eigenvalue weighted by atomic mass is 16.5. The highest BCUT2D eigenvalue weighted by molar-refractivity contribution is 5.56. The van der Waals surface area contributed by atoms with Crippen molar-refractivity contribution < 1.29 is 18.9 Å². The van der Waals surface area contributed by atoms with Gasteiger partial charge in [0.05, 0.1) is 0 Å². The van der Waals surface area contributed by atoms with Gasteiger partial charge in [0.2, 0.25) is 0 Å². The highest BCUT2D eigenvalue weighted by Gasteiger charge is 2.23. The van der Waals surface area contributed by atoms with Crippen molar-refractivity contribution in [1.82, 2.24) is 0 Å². The summed E-state index contributed by atoms with van der Waals surface area (Å²) in [7, 11) is 0. The maximum absolute atomic E-state index is 6.33. The molecule has 2 heterocycles. The van der Waals surface area contributed by atoms with Crippen LogP contribution >= 0.6 is 0 Å². The van der Waals surface area contributed by atoms with Crippen molar-refractivity contribution in [2.75, 3.05) is 23.3 Å². The van der Waals surface area contributed by atoms with Crippen molar-refractivity contribution in [3.05, 3.63) is 131 Å². The summed E-state index contributed by atoms with van der Waals surface area (Å²) in [5.41, 5.74) is 7.21. The van der Waals surface area contributed by atoms with Gasteiger partial charge in [-0.15, -0.1) is 0 Å². The summed E-state index contributed by atoms with van der Waals surface area (Å²) in [6.07, 6.45) is 0. The van der Waals surface area contributed by atoms with Gasteiger partial charge in [-0.05, 0) is 76.6 Å². The Hall–Kier alpha value is -5.10. The summed E-state index contributed by atoms with van der Waals surface area (Å²) >= 11 is 0. The number of anilines is 2. The molecule has 0 N–H and O–H groups in total. The maximum atomic E-state index is 6.33. The van der Waals surface area contributed by atoms with Gasteiger partial charge in [-0.25, -0.2) is 0 Å². The second-order valence-corrected chi connectivity index (χ2v) is 14.8. The molecule has 6 heteroatoms. The molecular weight excluding hydrogens is 596 g/mol. The molecule has 5 aromatic carbocycles. The molecule has 0 saturated carbocycles. The molecule has 5 aromatic rings. The van der Waals surface area contributed by atoms with E-state index >= 15 is 0 Å². The standard InChI is InChI=1S/C42H44N2O4/c1-41(2,3)31-18-19-39-30(20-31)26-44(27-45-39)34-11-8-13-36(23-34)48-38-15-9-14-37(24-38)47-35-12-7-10-33(22-35)43-25-29-16-17-32(42(4,5)6)21-40(29)46-28-43/h7-24H,25-28H2,1-6H3. The van der Waals surface area contributed by atoms with E-state index in [0.717, 1.165) is 47.5 Å². The number of benzene rings is 5. The van der Waals surface area contributed by atoms with Crippen LogP contribution in [0.5, 0.6) is 34.5 Å². The second-order valence-electron chi connectivity index (χ2n) is 14.8. The Morgan fingerprint density at radius 2 is 0.958 bits per heavy atom. The fourth-order valence-electron chi connectivity index (χ4n) is 6.09. The van der Waals surface area contributed by atoms with Gasteiger partial charge in [-0.1, -0.05) is 77.9 Å². The molecule has 2 aliphatic heterocycles. The predicted octanol–water partition coefficient (Wildman–Crippen LogP) is 10.6. The van der Waals surface area contributed by atoms with E-state index in [0.29, 0.717) is 25.0 Å². The lowest BCUT2D eigenvalue weighted by Crippen LogP contribution is -2.32. The topological polar surface area (TPSA) is 43.4 Å². The van der Waals surface area contributed by atoms with Gasteiger partial charge in [0.25, 0.3) is 0 Å². The van der Waals surface area contributed by atoms with Gasteiger partial charge in [-0.2, -0.15) is 0 Å². The highest BCUT2D eigenvalue weighted by Crippen LogP contribution is 2.37. The third kappa shape index (κ3) is 6.93. The lowest BCUT2D eigenvalue weighted by atomic mass is 9.86. The molecule has 0 radical (unpaired) electrons. The number of fused-ring (bicyclic) bond motifs is 2. The first-order valence-corrected chi connectivity index (χ1v) is 16.7. The molecule has 2 aliphatic rings. The number of rotatable bonds is 6. The summed E-state index contributed by atoms with van der Waals surface area (Å²) in [6, 6.07) is 37.1. The van der Waals surface area contributed by atoms with Gasteiger partial charge in [0.1, 0.15) is 34.5 Å². The average Bonchev–Trinajstić information content (AvgIpc) is 3.07. The van der Waals surface area contributed by atoms with Crippen molar-refractivity contribution in [1.29, 1.82) is 0 Å². The van der Waals surface area contributed by atoms with Gasteiger partial charge >= 0.3 is 0 Å². The predicted molar refractivity (Wildman–Crippen MR) is 193 cm³/mol. The summed E-state index contributed by atoms with van der Waals surface area (Å²) in [6.45, 7) is 15.9. The van der Waals surface area contributed by atoms with E-state index in [1.54, 1.807) is 0 Å². The van der Waals surface area contributed by atoms with Gasteiger partial charge in [0, 0.05) is 53.8 Å². The Morgan fingerprint density at radius 3 is 1.54 bits per heavy atom. The molecule has 0 amide bonds. The molecule has 0 spiro atoms. The zero-order valence-corrected chi connectivity index (χ0v) is 28.7. The van der Waals surface area contributed by atoms with Crippen LogP contribution in [-0.2, 0) is 23.9 Å². The lowest BCUT2D eigenvalue weighted by molar-refractivity contribution is 0.288. The van der Waals surface area contributed by atoms with Crippen LogP contribution in [0.2, 0.25) is 0 Å². The zero-order chi connectivity index (χ0) is 33.5. The molecule has 0 bridgehead atoms. The second kappa shape index (κ2) is 12.5. The van der Waals surface area contributed by atoms with Crippen LogP contribution in [0.1, 0.15) is 63.8 Å². The third-order valence-corrected chi connectivity index (χ3v) is 8.98. The molecule has 0 atom stereocenters. The van der Waals surface area contributed by atoms with Crippen LogP contribution in [0, 0.1) is 0 Å². The van der Waals surface area contributed by atoms with Crippen molar-refractivity contribution in [3.8, 4) is 34.5 Å². The van der Waals surface area contributed by atoms with Crippen LogP contribution in [0.4, 0.5) is 11.4 Å². The molecule has 7 rings (SSSR count). The fraction of sp³-hybridized carbons (Fsp3) is 0.286. The molecule has 246 valence electrons. The molecule has 0 unspecified atom stereocenters. The number of hydrogen-bond acceptors (Lipinski definition) is 6. The van der Waals surface area contributed by atoms with E-state index in [1.807, 2.05) is 48.5 Å². The number of nitrogens with zero attached hydrogens (tertiary/aromatic N) is 2. The minimum absolute atomic E-state index is 0.0817. The Morgan fingerprint density at radius 1 is 0.479 bits per heavy atom. The minimum Gasteiger partial charge on any atom is -0.473 e. The van der Waals surface area contributed by atoms with E-state index in [4.69, 9.17) is 18.9 Å². The SMILES string of the molecule is CC(C)(C)c1ccc2c(c1)CN(c1cccc(Oc3cccc(Oc4cccc(N5COc6cc(C(C)(C)C)ccc6C5)c4)c3)c1)CO2. The first-order chi connectivity index (χ1) is 23.0. The molecule has 6 nitrogen and oxygen atoms in total. The number of hydrogen-bond donors (Lipinski definition) is 0. The molecule has 0 aromatic heterocycles. The zero-order valence-electron chi connectivity index (χ0n) is 28.7. The summed E-state index contributed by atoms with van der Waals surface area (Å²) in [4.78, 5) is 4.44. The smallest absolute Gasteiger partial charge is 0.161 e. The van der Waals surface area contributed by atoms with Gasteiger partial charge in [-0.3, -0.25) is 0 Å². The Bertz CT molecular complexity index is 1940. The minimum atomic E-state index is 0.0817. The van der Waals surface area contributed by atoms with Crippen molar-refractivity contribution in [2.45, 2.75) is 65.5 Å². The largest absolute Gasteiger partial charge is 0.473 e. The fourth-order valence-corrected chi connectivity index (χ4v) is 6.09. The maximum Gasteiger partial charge on any atom is 0.161 e. The molecular formula is C42H44N2O4. The first-order valence-electron chi connectivity index (χ1n) is 16.7. The first kappa shape index (κ1) is 31.5. The Balaban J connectivity index is 1.02. The normalized spacial score (nSPS) is 14.4. The van der Waals surface area contributed by atoms with Gasteiger partial charge in [0.15, 0.2) is 13.5 Å². The molecule has 48 heavy (non-hydrogen) atoms. The van der Waals surface area contributed by atoms with E-state index < -0.39 is 0 Å². The van der Waals surface area contributed by atoms with Crippen LogP contribution in [-0.4, -0.2) is 13.5 Å². The molecule has 0 fully saturated rings. The monoisotopic (exact) mass is 640 g/mol. The van der Waals surface area contributed by atoms with Crippen LogP contribution in [0.25, 0.3) is 0 Å².